The van der Waals surface area contributed by atoms with Gasteiger partial charge in [-0.3, -0.25) is 14.7 Å². The van der Waals surface area contributed by atoms with Gasteiger partial charge in [-0.05, 0) is 44.5 Å². The summed E-state index contributed by atoms with van der Waals surface area (Å²) in [5.74, 6) is -0.145. The lowest BCUT2D eigenvalue weighted by Gasteiger charge is -2.22. The van der Waals surface area contributed by atoms with Gasteiger partial charge in [0.2, 0.25) is 5.91 Å². The van der Waals surface area contributed by atoms with Gasteiger partial charge in [0, 0.05) is 30.4 Å². The molecule has 1 aromatic carbocycles. The van der Waals surface area contributed by atoms with E-state index in [-0.39, 0.29) is 24.3 Å². The summed E-state index contributed by atoms with van der Waals surface area (Å²) >= 11 is 0. The number of amides is 1. The molecule has 1 aromatic heterocycles. The third-order valence-electron chi connectivity index (χ3n) is 5.56. The van der Waals surface area contributed by atoms with Gasteiger partial charge in [0.25, 0.3) is 0 Å². The highest BCUT2D eigenvalue weighted by Crippen LogP contribution is 2.42. The molecule has 1 aliphatic heterocycles. The van der Waals surface area contributed by atoms with Crippen molar-refractivity contribution >= 4 is 12.0 Å². The zero-order valence-corrected chi connectivity index (χ0v) is 17.8. The van der Waals surface area contributed by atoms with E-state index in [9.17, 15) is 4.79 Å². The number of rotatable bonds is 7. The maximum Gasteiger partial charge on any atom is 0.243 e. The van der Waals surface area contributed by atoms with Crippen LogP contribution in [0.1, 0.15) is 61.5 Å². The third-order valence-corrected chi connectivity index (χ3v) is 5.56. The third kappa shape index (κ3) is 4.92. The van der Waals surface area contributed by atoms with Crippen molar-refractivity contribution in [1.29, 1.82) is 0 Å². The molecule has 1 saturated heterocycles. The normalized spacial score (nSPS) is 22.3. The van der Waals surface area contributed by atoms with Crippen molar-refractivity contribution in [2.75, 3.05) is 14.1 Å². The molecule has 1 fully saturated rings. The second-order valence-corrected chi connectivity index (χ2v) is 7.55. The van der Waals surface area contributed by atoms with Gasteiger partial charge in [-0.25, -0.2) is 0 Å². The molecule has 1 aliphatic rings. The number of carbonyl (C=O) groups excluding carboxylic acids is 1. The van der Waals surface area contributed by atoms with E-state index in [2.05, 4.69) is 55.4 Å². The first-order valence-electron chi connectivity index (χ1n) is 10.4. The number of aromatic nitrogens is 1. The van der Waals surface area contributed by atoms with Gasteiger partial charge in [0.05, 0.1) is 5.69 Å². The highest BCUT2D eigenvalue weighted by atomic mass is 16.5. The number of unbranched alkanes of at least 4 members (excludes halogenated alkanes) is 1. The standard InChI is InChI=1S/C24H31N3O2/c1-5-6-12-19-13-14-20(21(26-19)15-16-22(28)25-3)24-27(4)17(2)23(29-24)18-10-8-7-9-11-18/h7-11,13-17,23-24H,5-6,12H2,1-4H3,(H,25,28)/b16-15+/t17-,23+,24?/m0/s1. The zero-order valence-electron chi connectivity index (χ0n) is 17.8. The number of pyridine rings is 1. The van der Waals surface area contributed by atoms with Crippen molar-refractivity contribution in [3.63, 3.8) is 0 Å². The minimum absolute atomic E-state index is 0.0123. The maximum atomic E-state index is 11.8. The quantitative estimate of drug-likeness (QED) is 0.714. The van der Waals surface area contributed by atoms with E-state index in [0.717, 1.165) is 36.2 Å². The van der Waals surface area contributed by atoms with Crippen LogP contribution >= 0.6 is 0 Å². The van der Waals surface area contributed by atoms with Crippen LogP contribution in [0, 0.1) is 0 Å². The smallest absolute Gasteiger partial charge is 0.243 e. The second kappa shape index (κ2) is 9.81. The predicted molar refractivity (Wildman–Crippen MR) is 116 cm³/mol. The van der Waals surface area contributed by atoms with E-state index >= 15 is 0 Å². The minimum Gasteiger partial charge on any atom is -0.356 e. The van der Waals surface area contributed by atoms with Crippen molar-refractivity contribution in [1.82, 2.24) is 15.2 Å². The summed E-state index contributed by atoms with van der Waals surface area (Å²) in [6.45, 7) is 4.36. The van der Waals surface area contributed by atoms with Crippen LogP contribution in [0.15, 0.2) is 48.5 Å². The molecule has 5 nitrogen and oxygen atoms in total. The monoisotopic (exact) mass is 393 g/mol. The Morgan fingerprint density at radius 2 is 2.00 bits per heavy atom. The molecular weight excluding hydrogens is 362 g/mol. The number of ether oxygens (including phenoxy) is 1. The fourth-order valence-electron chi connectivity index (χ4n) is 3.67. The van der Waals surface area contributed by atoms with E-state index < -0.39 is 0 Å². The van der Waals surface area contributed by atoms with Crippen LogP contribution in [0.5, 0.6) is 0 Å². The summed E-state index contributed by atoms with van der Waals surface area (Å²) in [5.41, 5.74) is 3.99. The number of nitrogens with zero attached hydrogens (tertiary/aromatic N) is 2. The first kappa shape index (κ1) is 21.2. The molecule has 0 spiro atoms. The highest BCUT2D eigenvalue weighted by Gasteiger charge is 2.39. The first-order valence-corrected chi connectivity index (χ1v) is 10.4. The predicted octanol–water partition coefficient (Wildman–Crippen LogP) is 4.27. The Morgan fingerprint density at radius 3 is 2.69 bits per heavy atom. The molecule has 3 rings (SSSR count). The van der Waals surface area contributed by atoms with Crippen LogP contribution in [-0.4, -0.2) is 35.9 Å². The van der Waals surface area contributed by atoms with Crippen LogP contribution in [0.25, 0.3) is 6.08 Å². The summed E-state index contributed by atoms with van der Waals surface area (Å²) in [5, 5.41) is 2.62. The molecule has 0 bridgehead atoms. The molecule has 29 heavy (non-hydrogen) atoms. The molecule has 0 saturated carbocycles. The van der Waals surface area contributed by atoms with Crippen molar-refractivity contribution < 1.29 is 9.53 Å². The number of hydrogen-bond acceptors (Lipinski definition) is 4. The molecule has 1 amide bonds. The van der Waals surface area contributed by atoms with Crippen LogP contribution in [-0.2, 0) is 16.0 Å². The highest BCUT2D eigenvalue weighted by molar-refractivity contribution is 5.91. The first-order chi connectivity index (χ1) is 14.0. The van der Waals surface area contributed by atoms with E-state index in [1.807, 2.05) is 18.2 Å². The Balaban J connectivity index is 1.93. The second-order valence-electron chi connectivity index (χ2n) is 7.55. The number of benzene rings is 1. The van der Waals surface area contributed by atoms with Crippen molar-refractivity contribution in [3.8, 4) is 0 Å². The Labute approximate surface area is 173 Å². The van der Waals surface area contributed by atoms with E-state index in [4.69, 9.17) is 9.72 Å². The fourth-order valence-corrected chi connectivity index (χ4v) is 3.67. The largest absolute Gasteiger partial charge is 0.356 e. The summed E-state index contributed by atoms with van der Waals surface area (Å²) < 4.78 is 6.50. The molecule has 5 heteroatoms. The lowest BCUT2D eigenvalue weighted by molar-refractivity contribution is -0.115. The Kier molecular flexibility index (Phi) is 7.18. The molecular formula is C24H31N3O2. The Hall–Kier alpha value is -2.50. The average Bonchev–Trinajstić information content (AvgIpc) is 3.05. The maximum absolute atomic E-state index is 11.8. The van der Waals surface area contributed by atoms with Crippen LogP contribution in [0.3, 0.4) is 0 Å². The van der Waals surface area contributed by atoms with Gasteiger partial charge >= 0.3 is 0 Å². The van der Waals surface area contributed by atoms with Gasteiger partial charge in [0.1, 0.15) is 12.3 Å². The SMILES string of the molecule is CCCCc1ccc(C2O[C@@H](c3ccccc3)[C@H](C)N2C)c(/C=C/C(=O)NC)n1. The van der Waals surface area contributed by atoms with Crippen molar-refractivity contribution in [2.45, 2.75) is 51.5 Å². The lowest BCUT2D eigenvalue weighted by Crippen LogP contribution is -2.27. The van der Waals surface area contributed by atoms with E-state index in [1.54, 1.807) is 13.1 Å². The number of carbonyl (C=O) groups is 1. The summed E-state index contributed by atoms with van der Waals surface area (Å²) in [4.78, 5) is 18.8. The average molecular weight is 394 g/mol. The van der Waals surface area contributed by atoms with Crippen molar-refractivity contribution in [2.24, 2.45) is 0 Å². The lowest BCUT2D eigenvalue weighted by atomic mass is 10.0. The van der Waals surface area contributed by atoms with Gasteiger partial charge in [-0.2, -0.15) is 0 Å². The van der Waals surface area contributed by atoms with E-state index in [0.29, 0.717) is 0 Å². The van der Waals surface area contributed by atoms with Crippen molar-refractivity contribution in [3.05, 3.63) is 71.1 Å². The summed E-state index contributed by atoms with van der Waals surface area (Å²) in [6.07, 6.45) is 6.25. The topological polar surface area (TPSA) is 54.5 Å². The molecule has 0 radical (unpaired) electrons. The summed E-state index contributed by atoms with van der Waals surface area (Å²) in [6, 6.07) is 14.7. The van der Waals surface area contributed by atoms with Gasteiger partial charge in [-0.15, -0.1) is 0 Å². The summed E-state index contributed by atoms with van der Waals surface area (Å²) in [7, 11) is 3.70. The number of hydrogen-bond donors (Lipinski definition) is 1. The van der Waals surface area contributed by atoms with Gasteiger partial charge < -0.3 is 10.1 Å². The Bertz CT molecular complexity index is 850. The molecule has 2 aromatic rings. The van der Waals surface area contributed by atoms with Crippen LogP contribution in [0.2, 0.25) is 0 Å². The van der Waals surface area contributed by atoms with Crippen LogP contribution in [0.4, 0.5) is 0 Å². The molecule has 1 unspecified atom stereocenters. The number of likely N-dealkylation sites (N-methyl/N-ethyl adjacent to an activating group) is 2. The zero-order chi connectivity index (χ0) is 20.8. The molecule has 0 aliphatic carbocycles. The number of nitrogens with one attached hydrogen (secondary N) is 1. The molecule has 3 atom stereocenters. The minimum atomic E-state index is -0.215. The van der Waals surface area contributed by atoms with Crippen LogP contribution < -0.4 is 5.32 Å². The molecule has 1 N–H and O–H groups in total. The fraction of sp³-hybridized carbons (Fsp3) is 0.417. The van der Waals surface area contributed by atoms with E-state index in [1.165, 1.54) is 11.6 Å². The molecule has 2 heterocycles. The molecule has 154 valence electrons. The van der Waals surface area contributed by atoms with Gasteiger partial charge in [0.15, 0.2) is 0 Å². The number of aryl methyl sites for hydroxylation is 1. The van der Waals surface area contributed by atoms with Gasteiger partial charge in [-0.1, -0.05) is 49.7 Å². The Morgan fingerprint density at radius 1 is 1.24 bits per heavy atom.